The number of carbonyl (C=O) groups excluding carboxylic acids is 2. The van der Waals surface area contributed by atoms with Crippen LogP contribution < -0.4 is 0 Å². The van der Waals surface area contributed by atoms with Crippen molar-refractivity contribution in [3.05, 3.63) is 34.9 Å². The van der Waals surface area contributed by atoms with Crippen LogP contribution >= 0.6 is 0 Å². The molecule has 0 aromatic heterocycles. The number of rotatable bonds is 8. The molecule has 122 valence electrons. The summed E-state index contributed by atoms with van der Waals surface area (Å²) in [4.78, 5) is 25.4. The van der Waals surface area contributed by atoms with E-state index < -0.39 is 0 Å². The second-order valence-electron chi connectivity index (χ2n) is 5.31. The van der Waals surface area contributed by atoms with Crippen LogP contribution in [0.5, 0.6) is 0 Å². The summed E-state index contributed by atoms with van der Waals surface area (Å²) < 4.78 is 9.67. The summed E-state index contributed by atoms with van der Waals surface area (Å²) in [6.07, 6.45) is 0.525. The Balaban J connectivity index is 2.73. The number of hydrogen-bond acceptors (Lipinski definition) is 4. The predicted molar refractivity (Wildman–Crippen MR) is 84.7 cm³/mol. The maximum Gasteiger partial charge on any atom is 0.307 e. The lowest BCUT2D eigenvalue weighted by Crippen LogP contribution is -2.37. The average Bonchev–Trinajstić information content (AvgIpc) is 2.50. The second-order valence-corrected chi connectivity index (χ2v) is 5.31. The van der Waals surface area contributed by atoms with Gasteiger partial charge in [-0.05, 0) is 25.0 Å². The number of hydrogen-bond donors (Lipinski definition) is 0. The summed E-state index contributed by atoms with van der Waals surface area (Å²) in [5, 5.41) is 0. The molecule has 0 atom stereocenters. The normalized spacial score (nSPS) is 10.4. The van der Waals surface area contributed by atoms with E-state index in [1.807, 2.05) is 32.0 Å². The van der Waals surface area contributed by atoms with Crippen molar-refractivity contribution in [1.82, 2.24) is 4.90 Å². The minimum Gasteiger partial charge on any atom is -0.469 e. The van der Waals surface area contributed by atoms with Gasteiger partial charge in [0.1, 0.15) is 0 Å². The Morgan fingerprint density at radius 2 is 1.86 bits per heavy atom. The highest BCUT2D eigenvalue weighted by molar-refractivity contribution is 5.80. The van der Waals surface area contributed by atoms with E-state index in [-0.39, 0.29) is 18.3 Å². The molecule has 5 nitrogen and oxygen atoms in total. The first kappa shape index (κ1) is 18.2. The molecule has 0 spiro atoms. The van der Waals surface area contributed by atoms with Crippen LogP contribution in [0.25, 0.3) is 0 Å². The summed E-state index contributed by atoms with van der Waals surface area (Å²) in [7, 11) is 2.94. The SMILES string of the molecule is COCCN(CCC(=O)OC)C(=O)Cc1cc(C)ccc1C. The number of aryl methyl sites for hydroxylation is 2. The first-order valence-electron chi connectivity index (χ1n) is 7.37. The lowest BCUT2D eigenvalue weighted by molar-refractivity contribution is -0.141. The maximum absolute atomic E-state index is 12.5. The summed E-state index contributed by atoms with van der Waals surface area (Å²) >= 11 is 0. The minimum atomic E-state index is -0.318. The Hall–Kier alpha value is -1.88. The Bertz CT molecular complexity index is 513. The summed E-state index contributed by atoms with van der Waals surface area (Å²) in [5.41, 5.74) is 3.25. The van der Waals surface area contributed by atoms with E-state index in [0.717, 1.165) is 16.7 Å². The molecule has 0 fully saturated rings. The highest BCUT2D eigenvalue weighted by atomic mass is 16.5. The van der Waals surface area contributed by atoms with Crippen LogP contribution in [-0.2, 0) is 25.5 Å². The molecule has 0 aliphatic heterocycles. The van der Waals surface area contributed by atoms with E-state index in [9.17, 15) is 9.59 Å². The lowest BCUT2D eigenvalue weighted by atomic mass is 10.0. The molecule has 22 heavy (non-hydrogen) atoms. The van der Waals surface area contributed by atoms with Crippen molar-refractivity contribution in [3.8, 4) is 0 Å². The molecule has 1 aromatic carbocycles. The Kier molecular flexibility index (Phi) is 7.60. The van der Waals surface area contributed by atoms with Crippen LogP contribution in [0.2, 0.25) is 0 Å². The third kappa shape index (κ3) is 5.85. The van der Waals surface area contributed by atoms with Gasteiger partial charge in [0.25, 0.3) is 0 Å². The molecule has 1 amide bonds. The fraction of sp³-hybridized carbons (Fsp3) is 0.529. The molecule has 0 aliphatic rings. The molecule has 1 rings (SSSR count). The van der Waals surface area contributed by atoms with Gasteiger partial charge in [-0.3, -0.25) is 9.59 Å². The maximum atomic E-state index is 12.5. The molecule has 0 saturated heterocycles. The Morgan fingerprint density at radius 1 is 1.14 bits per heavy atom. The van der Waals surface area contributed by atoms with Crippen molar-refractivity contribution in [3.63, 3.8) is 0 Å². The Labute approximate surface area is 132 Å². The van der Waals surface area contributed by atoms with Crippen LogP contribution in [0.15, 0.2) is 18.2 Å². The van der Waals surface area contributed by atoms with E-state index >= 15 is 0 Å². The topological polar surface area (TPSA) is 55.8 Å². The van der Waals surface area contributed by atoms with Crippen LogP contribution in [0.1, 0.15) is 23.1 Å². The van der Waals surface area contributed by atoms with Gasteiger partial charge in [-0.2, -0.15) is 0 Å². The molecular formula is C17H25NO4. The van der Waals surface area contributed by atoms with Crippen molar-refractivity contribution in [2.45, 2.75) is 26.7 Å². The number of carbonyl (C=O) groups is 2. The van der Waals surface area contributed by atoms with Crippen molar-refractivity contribution in [2.24, 2.45) is 0 Å². The largest absolute Gasteiger partial charge is 0.469 e. The van der Waals surface area contributed by atoms with Gasteiger partial charge in [-0.25, -0.2) is 0 Å². The zero-order chi connectivity index (χ0) is 16.5. The van der Waals surface area contributed by atoms with Gasteiger partial charge in [0.05, 0.1) is 26.6 Å². The molecule has 5 heteroatoms. The predicted octanol–water partition coefficient (Wildman–Crippen LogP) is 1.88. The number of amides is 1. The van der Waals surface area contributed by atoms with Crippen LogP contribution in [-0.4, -0.2) is 50.7 Å². The summed E-state index contributed by atoms with van der Waals surface area (Å²) in [5.74, 6) is -0.323. The van der Waals surface area contributed by atoms with Crippen molar-refractivity contribution < 1.29 is 19.1 Å². The van der Waals surface area contributed by atoms with Gasteiger partial charge in [0, 0.05) is 20.2 Å². The molecule has 0 saturated carbocycles. The summed E-state index contributed by atoms with van der Waals surface area (Å²) in [6.45, 7) is 5.26. The van der Waals surface area contributed by atoms with Crippen molar-refractivity contribution in [2.75, 3.05) is 33.9 Å². The summed E-state index contributed by atoms with van der Waals surface area (Å²) in [6, 6.07) is 6.08. The number of nitrogens with zero attached hydrogens (tertiary/aromatic N) is 1. The fourth-order valence-corrected chi connectivity index (χ4v) is 2.16. The lowest BCUT2D eigenvalue weighted by Gasteiger charge is -2.22. The number of esters is 1. The molecule has 0 unspecified atom stereocenters. The van der Waals surface area contributed by atoms with Gasteiger partial charge in [-0.1, -0.05) is 23.8 Å². The van der Waals surface area contributed by atoms with Gasteiger partial charge >= 0.3 is 5.97 Å². The zero-order valence-corrected chi connectivity index (χ0v) is 13.8. The van der Waals surface area contributed by atoms with Crippen molar-refractivity contribution >= 4 is 11.9 Å². The van der Waals surface area contributed by atoms with Crippen LogP contribution in [0.3, 0.4) is 0 Å². The molecule has 0 bridgehead atoms. The van der Waals surface area contributed by atoms with Crippen LogP contribution in [0.4, 0.5) is 0 Å². The molecular weight excluding hydrogens is 282 g/mol. The average molecular weight is 307 g/mol. The highest BCUT2D eigenvalue weighted by Gasteiger charge is 2.16. The monoisotopic (exact) mass is 307 g/mol. The van der Waals surface area contributed by atoms with E-state index in [4.69, 9.17) is 4.74 Å². The van der Waals surface area contributed by atoms with E-state index in [1.165, 1.54) is 7.11 Å². The standard InChI is InChI=1S/C17H25NO4/c1-13-5-6-14(2)15(11-13)12-16(19)18(9-10-21-3)8-7-17(20)22-4/h5-6,11H,7-10,12H2,1-4H3. The molecule has 1 aromatic rings. The van der Waals surface area contributed by atoms with Gasteiger partial charge in [0.2, 0.25) is 5.91 Å². The third-order valence-electron chi connectivity index (χ3n) is 3.58. The number of methoxy groups -OCH3 is 2. The molecule has 0 heterocycles. The highest BCUT2D eigenvalue weighted by Crippen LogP contribution is 2.13. The minimum absolute atomic E-state index is 0.00495. The van der Waals surface area contributed by atoms with Crippen molar-refractivity contribution in [1.29, 1.82) is 0 Å². The molecule has 0 aliphatic carbocycles. The van der Waals surface area contributed by atoms with E-state index in [1.54, 1.807) is 12.0 Å². The van der Waals surface area contributed by atoms with Gasteiger partial charge in [-0.15, -0.1) is 0 Å². The van der Waals surface area contributed by atoms with E-state index in [2.05, 4.69) is 4.74 Å². The zero-order valence-electron chi connectivity index (χ0n) is 13.8. The quantitative estimate of drug-likeness (QED) is 0.688. The van der Waals surface area contributed by atoms with Gasteiger partial charge < -0.3 is 14.4 Å². The first-order valence-corrected chi connectivity index (χ1v) is 7.37. The smallest absolute Gasteiger partial charge is 0.307 e. The van der Waals surface area contributed by atoms with Crippen LogP contribution in [0, 0.1) is 13.8 Å². The molecule has 0 N–H and O–H groups in total. The van der Waals surface area contributed by atoms with E-state index in [0.29, 0.717) is 26.1 Å². The Morgan fingerprint density at radius 3 is 2.50 bits per heavy atom. The second kappa shape index (κ2) is 9.20. The number of ether oxygens (including phenoxy) is 2. The third-order valence-corrected chi connectivity index (χ3v) is 3.58. The fourth-order valence-electron chi connectivity index (χ4n) is 2.16. The molecule has 0 radical (unpaired) electrons. The van der Waals surface area contributed by atoms with Gasteiger partial charge in [0.15, 0.2) is 0 Å². The number of benzene rings is 1. The first-order chi connectivity index (χ1) is 10.5.